The van der Waals surface area contributed by atoms with Crippen LogP contribution in [0, 0.1) is 19.8 Å². The van der Waals surface area contributed by atoms with E-state index in [-0.39, 0.29) is 12.5 Å². The number of rotatable bonds is 8. The van der Waals surface area contributed by atoms with Crippen LogP contribution in [-0.2, 0) is 18.3 Å². The lowest BCUT2D eigenvalue weighted by Gasteiger charge is -2.15. The van der Waals surface area contributed by atoms with Crippen molar-refractivity contribution in [1.29, 1.82) is 0 Å². The van der Waals surface area contributed by atoms with E-state index >= 15 is 0 Å². The molecule has 25 heavy (non-hydrogen) atoms. The molecule has 0 aliphatic heterocycles. The summed E-state index contributed by atoms with van der Waals surface area (Å²) in [5.41, 5.74) is 3.64. The van der Waals surface area contributed by atoms with E-state index in [0.717, 1.165) is 31.6 Å². The lowest BCUT2D eigenvalue weighted by Crippen LogP contribution is -2.40. The van der Waals surface area contributed by atoms with Gasteiger partial charge in [0, 0.05) is 39.9 Å². The number of nitrogens with zero attached hydrogens (tertiary/aromatic N) is 4. The molecule has 1 heterocycles. The topological polar surface area (TPSA) is 74.5 Å². The Bertz CT molecular complexity index is 589. The highest BCUT2D eigenvalue weighted by atomic mass is 16.2. The van der Waals surface area contributed by atoms with Crippen molar-refractivity contribution in [3.8, 4) is 0 Å². The highest BCUT2D eigenvalue weighted by Crippen LogP contribution is 2.13. The summed E-state index contributed by atoms with van der Waals surface area (Å²) in [4.78, 5) is 17.7. The van der Waals surface area contributed by atoms with E-state index in [9.17, 15) is 4.79 Å². The second-order valence-corrected chi connectivity index (χ2v) is 7.03. The Labute approximate surface area is 151 Å². The van der Waals surface area contributed by atoms with Gasteiger partial charge in [0.1, 0.15) is 6.54 Å². The fourth-order valence-electron chi connectivity index (χ4n) is 2.41. The third-order valence-electron chi connectivity index (χ3n) is 4.10. The molecule has 1 amide bonds. The van der Waals surface area contributed by atoms with Crippen LogP contribution in [0.4, 0.5) is 0 Å². The summed E-state index contributed by atoms with van der Waals surface area (Å²) < 4.78 is 1.93. The van der Waals surface area contributed by atoms with E-state index in [1.54, 1.807) is 19.0 Å². The zero-order valence-electron chi connectivity index (χ0n) is 16.8. The highest BCUT2D eigenvalue weighted by molar-refractivity contribution is 5.84. The highest BCUT2D eigenvalue weighted by Gasteiger charge is 2.09. The van der Waals surface area contributed by atoms with Crippen LogP contribution in [0.5, 0.6) is 0 Å². The molecule has 0 saturated carbocycles. The summed E-state index contributed by atoms with van der Waals surface area (Å²) in [5.74, 6) is 1.20. The van der Waals surface area contributed by atoms with Gasteiger partial charge in [-0.1, -0.05) is 13.8 Å². The minimum Gasteiger partial charge on any atom is -0.356 e. The van der Waals surface area contributed by atoms with Gasteiger partial charge in [0.2, 0.25) is 5.91 Å². The van der Waals surface area contributed by atoms with Gasteiger partial charge in [-0.3, -0.25) is 9.48 Å². The van der Waals surface area contributed by atoms with E-state index in [0.29, 0.717) is 11.9 Å². The second kappa shape index (κ2) is 10.1. The number of aliphatic imine (C=N–C) groups is 1. The van der Waals surface area contributed by atoms with E-state index < -0.39 is 0 Å². The maximum absolute atomic E-state index is 11.7. The Morgan fingerprint density at radius 2 is 1.96 bits per heavy atom. The molecule has 0 atom stereocenters. The monoisotopic (exact) mass is 350 g/mol. The average Bonchev–Trinajstić information content (AvgIpc) is 2.78. The molecule has 0 radical (unpaired) electrons. The molecule has 1 aromatic heterocycles. The normalized spacial score (nSPS) is 11.8. The molecule has 7 heteroatoms. The van der Waals surface area contributed by atoms with Gasteiger partial charge < -0.3 is 15.5 Å². The zero-order valence-corrected chi connectivity index (χ0v) is 16.8. The molecule has 142 valence electrons. The van der Waals surface area contributed by atoms with Crippen LogP contribution < -0.4 is 10.6 Å². The largest absolute Gasteiger partial charge is 0.356 e. The summed E-state index contributed by atoms with van der Waals surface area (Å²) in [7, 11) is 5.46. The van der Waals surface area contributed by atoms with Crippen LogP contribution in [0.1, 0.15) is 37.2 Å². The van der Waals surface area contributed by atoms with Gasteiger partial charge in [0.15, 0.2) is 5.96 Å². The van der Waals surface area contributed by atoms with Gasteiger partial charge in [-0.2, -0.15) is 5.10 Å². The standard InChI is InChI=1S/C18H34N6O/c1-13(2)11-20-18(21-12-17(25)23(5)6)19-10-8-9-16-14(3)22-24(7)15(16)4/h13H,8-12H2,1-7H3,(H2,19,20,21). The van der Waals surface area contributed by atoms with Gasteiger partial charge >= 0.3 is 0 Å². The molecule has 0 aliphatic carbocycles. The quantitative estimate of drug-likeness (QED) is 0.420. The molecule has 0 saturated heterocycles. The van der Waals surface area contributed by atoms with E-state index in [2.05, 4.69) is 48.4 Å². The van der Waals surface area contributed by atoms with Crippen molar-refractivity contribution in [3.63, 3.8) is 0 Å². The first kappa shape index (κ1) is 21.0. The lowest BCUT2D eigenvalue weighted by atomic mass is 10.1. The number of carbonyl (C=O) groups excluding carboxylic acids is 1. The molecule has 1 aromatic rings. The first-order valence-electron chi connectivity index (χ1n) is 8.93. The number of hydrogen-bond donors (Lipinski definition) is 2. The average molecular weight is 351 g/mol. The van der Waals surface area contributed by atoms with Crippen molar-refractivity contribution in [1.82, 2.24) is 25.3 Å². The van der Waals surface area contributed by atoms with Gasteiger partial charge in [-0.15, -0.1) is 0 Å². The molecular formula is C18H34N6O. The number of aromatic nitrogens is 2. The third-order valence-corrected chi connectivity index (χ3v) is 4.10. The minimum atomic E-state index is -0.00717. The van der Waals surface area contributed by atoms with Gasteiger partial charge in [0.05, 0.1) is 5.69 Å². The van der Waals surface area contributed by atoms with Crippen LogP contribution in [0.15, 0.2) is 4.99 Å². The molecule has 0 bridgehead atoms. The molecule has 1 rings (SSSR count). The molecule has 0 aromatic carbocycles. The Balaban J connectivity index is 2.53. The Morgan fingerprint density at radius 1 is 1.28 bits per heavy atom. The number of carbonyl (C=O) groups is 1. The van der Waals surface area contributed by atoms with E-state index in [1.807, 2.05) is 11.7 Å². The molecular weight excluding hydrogens is 316 g/mol. The van der Waals surface area contributed by atoms with Crippen LogP contribution in [0.3, 0.4) is 0 Å². The van der Waals surface area contributed by atoms with E-state index in [1.165, 1.54) is 11.3 Å². The van der Waals surface area contributed by atoms with Crippen molar-refractivity contribution >= 4 is 11.9 Å². The van der Waals surface area contributed by atoms with Crippen molar-refractivity contribution in [2.45, 2.75) is 40.5 Å². The maximum Gasteiger partial charge on any atom is 0.243 e. The predicted molar refractivity (Wildman–Crippen MR) is 103 cm³/mol. The van der Waals surface area contributed by atoms with Gasteiger partial charge in [-0.05, 0) is 38.2 Å². The summed E-state index contributed by atoms with van der Waals surface area (Å²) >= 11 is 0. The number of likely N-dealkylation sites (N-methyl/N-ethyl adjacent to an activating group) is 1. The first-order valence-corrected chi connectivity index (χ1v) is 8.93. The zero-order chi connectivity index (χ0) is 19.0. The summed E-state index contributed by atoms with van der Waals surface area (Å²) in [5, 5.41) is 11.1. The van der Waals surface area contributed by atoms with Gasteiger partial charge in [0.25, 0.3) is 0 Å². The number of hydrogen-bond acceptors (Lipinski definition) is 3. The molecule has 7 nitrogen and oxygen atoms in total. The summed E-state index contributed by atoms with van der Waals surface area (Å²) in [6.45, 7) is 10.2. The number of nitrogens with one attached hydrogen (secondary N) is 2. The molecule has 0 aliphatic rings. The van der Waals surface area contributed by atoms with Crippen LogP contribution in [-0.4, -0.2) is 60.3 Å². The SMILES string of the molecule is Cc1nn(C)c(C)c1CCCNC(=NCC(=O)N(C)C)NCC(C)C. The van der Waals surface area contributed by atoms with Crippen LogP contribution in [0.25, 0.3) is 0 Å². The predicted octanol–water partition coefficient (Wildman–Crippen LogP) is 1.25. The first-order chi connectivity index (χ1) is 11.7. The molecule has 0 spiro atoms. The fourth-order valence-corrected chi connectivity index (χ4v) is 2.41. The Morgan fingerprint density at radius 3 is 2.48 bits per heavy atom. The van der Waals surface area contributed by atoms with Crippen molar-refractivity contribution in [2.24, 2.45) is 18.0 Å². The lowest BCUT2D eigenvalue weighted by molar-refractivity contribution is -0.127. The molecule has 0 fully saturated rings. The van der Waals surface area contributed by atoms with Crippen LogP contribution >= 0.6 is 0 Å². The summed E-state index contributed by atoms with van der Waals surface area (Å²) in [6, 6.07) is 0. The van der Waals surface area contributed by atoms with Crippen molar-refractivity contribution in [2.75, 3.05) is 33.7 Å². The van der Waals surface area contributed by atoms with Crippen molar-refractivity contribution in [3.05, 3.63) is 17.0 Å². The third kappa shape index (κ3) is 7.15. The smallest absolute Gasteiger partial charge is 0.243 e. The Hall–Kier alpha value is -2.05. The minimum absolute atomic E-state index is 0.00717. The summed E-state index contributed by atoms with van der Waals surface area (Å²) in [6.07, 6.45) is 1.96. The van der Waals surface area contributed by atoms with E-state index in [4.69, 9.17) is 0 Å². The Kier molecular flexibility index (Phi) is 8.45. The number of amides is 1. The number of aryl methyl sites for hydroxylation is 2. The maximum atomic E-state index is 11.7. The van der Waals surface area contributed by atoms with Crippen LogP contribution in [0.2, 0.25) is 0 Å². The molecule has 2 N–H and O–H groups in total. The fraction of sp³-hybridized carbons (Fsp3) is 0.722. The number of guanidine groups is 1. The second-order valence-electron chi connectivity index (χ2n) is 7.03. The molecule has 0 unspecified atom stereocenters. The van der Waals surface area contributed by atoms with Gasteiger partial charge in [-0.25, -0.2) is 4.99 Å². The van der Waals surface area contributed by atoms with Crippen molar-refractivity contribution < 1.29 is 4.79 Å².